The van der Waals surface area contributed by atoms with Gasteiger partial charge in [-0.15, -0.1) is 0 Å². The zero-order valence-electron chi connectivity index (χ0n) is 14.4. The van der Waals surface area contributed by atoms with E-state index in [4.69, 9.17) is 5.73 Å². The number of nitrogens with two attached hydrogens (primary N) is 1. The largest absolute Gasteiger partial charge is 0.357 e. The lowest BCUT2D eigenvalue weighted by molar-refractivity contribution is -0.142. The van der Waals surface area contributed by atoms with Gasteiger partial charge in [0.2, 0.25) is 11.8 Å². The molecule has 0 aromatic rings. The number of amides is 2. The minimum atomic E-state index is -0.521. The topological polar surface area (TPSA) is 75.4 Å². The molecule has 3 unspecified atom stereocenters. The van der Waals surface area contributed by atoms with Gasteiger partial charge in [0.05, 0.1) is 6.04 Å². The summed E-state index contributed by atoms with van der Waals surface area (Å²) in [7, 11) is 1.61. The minimum Gasteiger partial charge on any atom is -0.357 e. The number of nitrogens with one attached hydrogen (secondary N) is 1. The van der Waals surface area contributed by atoms with Gasteiger partial charge in [-0.25, -0.2) is 0 Å². The van der Waals surface area contributed by atoms with Crippen LogP contribution in [0.15, 0.2) is 24.3 Å². The van der Waals surface area contributed by atoms with Gasteiger partial charge in [0.1, 0.15) is 6.04 Å². The predicted octanol–water partition coefficient (Wildman–Crippen LogP) is 1.46. The van der Waals surface area contributed by atoms with E-state index in [1.54, 1.807) is 11.9 Å². The van der Waals surface area contributed by atoms with Crippen molar-refractivity contribution in [1.29, 1.82) is 0 Å². The van der Waals surface area contributed by atoms with Crippen molar-refractivity contribution >= 4 is 11.8 Å². The van der Waals surface area contributed by atoms with E-state index in [2.05, 4.69) is 29.6 Å². The van der Waals surface area contributed by atoms with Crippen LogP contribution in [0.3, 0.4) is 0 Å². The van der Waals surface area contributed by atoms with Gasteiger partial charge in [-0.3, -0.25) is 9.59 Å². The van der Waals surface area contributed by atoms with Crippen molar-refractivity contribution in [1.82, 2.24) is 10.2 Å². The lowest BCUT2D eigenvalue weighted by Gasteiger charge is -2.33. The van der Waals surface area contributed by atoms with Crippen molar-refractivity contribution in [3.8, 4) is 0 Å². The number of rotatable bonds is 4. The van der Waals surface area contributed by atoms with Crippen LogP contribution in [-0.4, -0.2) is 42.4 Å². The van der Waals surface area contributed by atoms with E-state index < -0.39 is 12.1 Å². The van der Waals surface area contributed by atoms with E-state index >= 15 is 0 Å². The maximum Gasteiger partial charge on any atom is 0.242 e. The molecule has 5 heteroatoms. The molecular weight excluding hydrogens is 290 g/mol. The Morgan fingerprint density at radius 2 is 2.13 bits per heavy atom. The molecule has 1 saturated heterocycles. The van der Waals surface area contributed by atoms with Crippen molar-refractivity contribution in [2.45, 2.75) is 45.2 Å². The first kappa shape index (κ1) is 17.7. The summed E-state index contributed by atoms with van der Waals surface area (Å²) in [4.78, 5) is 26.7. The second kappa shape index (κ2) is 7.77. The number of allylic oxidation sites excluding steroid dienone is 4. The molecule has 0 aromatic heterocycles. The lowest BCUT2D eigenvalue weighted by atomic mass is 9.81. The molecule has 1 fully saturated rings. The van der Waals surface area contributed by atoms with Crippen LogP contribution in [0.5, 0.6) is 0 Å². The Labute approximate surface area is 139 Å². The van der Waals surface area contributed by atoms with E-state index in [-0.39, 0.29) is 17.7 Å². The molecule has 1 aliphatic carbocycles. The zero-order valence-corrected chi connectivity index (χ0v) is 14.4. The predicted molar refractivity (Wildman–Crippen MR) is 91.5 cm³/mol. The van der Waals surface area contributed by atoms with Crippen LogP contribution in [0.2, 0.25) is 0 Å². The standard InChI is InChI=1S/C18H29N3O2/c1-12(2)16(17(22)20-3)21-10-9-14(11-15(19)18(21)23)13-7-5-4-6-8-13/h4-7,12-16H,8-11,19H2,1-3H3,(H,20,22)/t13-,14?,15?,16?/m1/s1. The quantitative estimate of drug-likeness (QED) is 0.823. The molecular formula is C18H29N3O2. The highest BCUT2D eigenvalue weighted by molar-refractivity contribution is 5.90. The van der Waals surface area contributed by atoms with E-state index in [9.17, 15) is 9.59 Å². The highest BCUT2D eigenvalue weighted by Gasteiger charge is 2.38. The Morgan fingerprint density at radius 1 is 1.39 bits per heavy atom. The molecule has 0 radical (unpaired) electrons. The summed E-state index contributed by atoms with van der Waals surface area (Å²) in [6.45, 7) is 4.53. The maximum atomic E-state index is 12.7. The van der Waals surface area contributed by atoms with Crippen LogP contribution in [-0.2, 0) is 9.59 Å². The lowest BCUT2D eigenvalue weighted by Crippen LogP contribution is -2.55. The van der Waals surface area contributed by atoms with Crippen molar-refractivity contribution in [2.24, 2.45) is 23.5 Å². The van der Waals surface area contributed by atoms with Crippen LogP contribution >= 0.6 is 0 Å². The molecule has 2 aliphatic rings. The van der Waals surface area contributed by atoms with Gasteiger partial charge in [-0.05, 0) is 37.0 Å². The molecule has 2 rings (SSSR count). The molecule has 2 amide bonds. The Morgan fingerprint density at radius 3 is 2.70 bits per heavy atom. The van der Waals surface area contributed by atoms with E-state index in [1.165, 1.54) is 0 Å². The smallest absolute Gasteiger partial charge is 0.242 e. The molecule has 5 nitrogen and oxygen atoms in total. The molecule has 128 valence electrons. The van der Waals surface area contributed by atoms with Gasteiger partial charge >= 0.3 is 0 Å². The summed E-state index contributed by atoms with van der Waals surface area (Å²) in [5, 5.41) is 2.68. The van der Waals surface area contributed by atoms with Crippen molar-refractivity contribution in [3.05, 3.63) is 24.3 Å². The molecule has 1 aliphatic heterocycles. The number of hydrogen-bond acceptors (Lipinski definition) is 3. The summed E-state index contributed by atoms with van der Waals surface area (Å²) in [5.41, 5.74) is 6.18. The third-order valence-electron chi connectivity index (χ3n) is 5.00. The van der Waals surface area contributed by atoms with E-state index in [0.717, 1.165) is 12.8 Å². The van der Waals surface area contributed by atoms with Crippen LogP contribution in [0.1, 0.15) is 33.1 Å². The summed E-state index contributed by atoms with van der Waals surface area (Å²) in [6.07, 6.45) is 11.1. The average molecular weight is 319 g/mol. The third-order valence-corrected chi connectivity index (χ3v) is 5.00. The average Bonchev–Trinajstić information content (AvgIpc) is 2.69. The van der Waals surface area contributed by atoms with E-state index in [0.29, 0.717) is 24.8 Å². The summed E-state index contributed by atoms with van der Waals surface area (Å²) in [6, 6.07) is -0.966. The van der Waals surface area contributed by atoms with Gasteiger partial charge < -0.3 is 16.0 Å². The van der Waals surface area contributed by atoms with Crippen LogP contribution < -0.4 is 11.1 Å². The van der Waals surface area contributed by atoms with Gasteiger partial charge in [-0.1, -0.05) is 38.2 Å². The first-order valence-corrected chi connectivity index (χ1v) is 8.56. The molecule has 0 saturated carbocycles. The zero-order chi connectivity index (χ0) is 17.0. The number of likely N-dealkylation sites (tertiary alicyclic amines) is 1. The normalized spacial score (nSPS) is 29.5. The monoisotopic (exact) mass is 319 g/mol. The van der Waals surface area contributed by atoms with Gasteiger partial charge in [0.15, 0.2) is 0 Å². The second-order valence-electron chi connectivity index (χ2n) is 6.94. The fraction of sp³-hybridized carbons (Fsp3) is 0.667. The molecule has 23 heavy (non-hydrogen) atoms. The van der Waals surface area contributed by atoms with Crippen LogP contribution in [0, 0.1) is 17.8 Å². The number of carbonyl (C=O) groups excluding carboxylic acids is 2. The molecule has 0 spiro atoms. The van der Waals surface area contributed by atoms with Crippen molar-refractivity contribution in [3.63, 3.8) is 0 Å². The second-order valence-corrected chi connectivity index (χ2v) is 6.94. The fourth-order valence-corrected chi connectivity index (χ4v) is 3.74. The molecule has 1 heterocycles. The van der Waals surface area contributed by atoms with Gasteiger partial charge in [-0.2, -0.15) is 0 Å². The molecule has 4 atom stereocenters. The SMILES string of the molecule is CNC(=O)C(C(C)C)N1CCC([C@@H]2C=CC=CC2)CC(N)C1=O. The number of carbonyl (C=O) groups is 2. The van der Waals surface area contributed by atoms with Gasteiger partial charge in [0.25, 0.3) is 0 Å². The number of likely N-dealkylation sites (N-methyl/N-ethyl adjacent to an activating group) is 1. The highest BCUT2D eigenvalue weighted by atomic mass is 16.2. The first-order valence-electron chi connectivity index (χ1n) is 8.56. The molecule has 0 bridgehead atoms. The number of hydrogen-bond donors (Lipinski definition) is 2. The summed E-state index contributed by atoms with van der Waals surface area (Å²) in [5.74, 6) is 0.679. The van der Waals surface area contributed by atoms with Gasteiger partial charge in [0, 0.05) is 13.6 Å². The molecule has 3 N–H and O–H groups in total. The van der Waals surface area contributed by atoms with Crippen LogP contribution in [0.4, 0.5) is 0 Å². The summed E-state index contributed by atoms with van der Waals surface area (Å²) < 4.78 is 0. The number of nitrogens with zero attached hydrogens (tertiary/aromatic N) is 1. The van der Waals surface area contributed by atoms with Crippen molar-refractivity contribution in [2.75, 3.05) is 13.6 Å². The Bertz CT molecular complexity index is 498. The Hall–Kier alpha value is -1.62. The first-order chi connectivity index (χ1) is 11.0. The van der Waals surface area contributed by atoms with Crippen LogP contribution in [0.25, 0.3) is 0 Å². The third kappa shape index (κ3) is 4.02. The van der Waals surface area contributed by atoms with Crippen molar-refractivity contribution < 1.29 is 9.59 Å². The Balaban J connectivity index is 2.16. The molecule has 0 aromatic carbocycles. The maximum absolute atomic E-state index is 12.7. The fourth-order valence-electron chi connectivity index (χ4n) is 3.74. The highest BCUT2D eigenvalue weighted by Crippen LogP contribution is 2.31. The Kier molecular flexibility index (Phi) is 5.99. The van der Waals surface area contributed by atoms with E-state index in [1.807, 2.05) is 13.8 Å². The minimum absolute atomic E-state index is 0.0557. The summed E-state index contributed by atoms with van der Waals surface area (Å²) >= 11 is 0.